The predicted octanol–water partition coefficient (Wildman–Crippen LogP) is 3.42. The Morgan fingerprint density at radius 3 is 2.68 bits per heavy atom. The van der Waals surface area contributed by atoms with Gasteiger partial charge in [0.25, 0.3) is 0 Å². The largest absolute Gasteiger partial charge is 0.508 e. The van der Waals surface area contributed by atoms with Crippen LogP contribution in [0.5, 0.6) is 11.5 Å². The fraction of sp³-hybridized carbons (Fsp3) is 0.333. The summed E-state index contributed by atoms with van der Waals surface area (Å²) in [4.78, 5) is 2.47. The lowest BCUT2D eigenvalue weighted by atomic mass is 9.86. The van der Waals surface area contributed by atoms with Gasteiger partial charge in [-0.2, -0.15) is 0 Å². The number of halogens is 1. The fourth-order valence-electron chi connectivity index (χ4n) is 3.66. The maximum atomic E-state index is 10.2. The molecule has 2 aromatic rings. The lowest BCUT2D eigenvalue weighted by molar-refractivity contribution is 0.209. The van der Waals surface area contributed by atoms with Crippen LogP contribution in [0.4, 0.5) is 0 Å². The second-order valence-corrected chi connectivity index (χ2v) is 6.05. The zero-order valence-electron chi connectivity index (χ0n) is 12.3. The molecular weight excluding hydrogens is 298 g/mol. The summed E-state index contributed by atoms with van der Waals surface area (Å²) in [7, 11) is 0. The number of likely N-dealkylation sites (tertiary alicyclic amines) is 1. The third kappa shape index (κ3) is 2.67. The number of phenolic OH excluding ortho intramolecular Hbond substituents is 1. The topological polar surface area (TPSA) is 32.7 Å². The van der Waals surface area contributed by atoms with E-state index in [-0.39, 0.29) is 12.4 Å². The molecule has 0 aromatic heterocycles. The minimum Gasteiger partial charge on any atom is -0.508 e. The van der Waals surface area contributed by atoms with Gasteiger partial charge in [-0.25, -0.2) is 0 Å². The van der Waals surface area contributed by atoms with Gasteiger partial charge in [0.2, 0.25) is 0 Å². The number of phenols is 1. The molecule has 4 heteroatoms. The van der Waals surface area contributed by atoms with E-state index in [9.17, 15) is 5.11 Å². The molecular formula is C18H20ClNO2. The molecule has 1 fully saturated rings. The molecule has 2 aliphatic rings. The van der Waals surface area contributed by atoms with Gasteiger partial charge in [-0.05, 0) is 17.7 Å². The van der Waals surface area contributed by atoms with Crippen molar-refractivity contribution in [1.29, 1.82) is 0 Å². The minimum absolute atomic E-state index is 0. The molecule has 1 N–H and O–H groups in total. The first-order valence-electron chi connectivity index (χ1n) is 7.52. The number of hydrogen-bond acceptors (Lipinski definition) is 3. The van der Waals surface area contributed by atoms with Gasteiger partial charge >= 0.3 is 0 Å². The van der Waals surface area contributed by atoms with Crippen molar-refractivity contribution in [2.75, 3.05) is 19.7 Å². The molecule has 0 saturated carbocycles. The van der Waals surface area contributed by atoms with Gasteiger partial charge in [0.05, 0.1) is 6.61 Å². The van der Waals surface area contributed by atoms with Gasteiger partial charge in [-0.1, -0.05) is 36.4 Å². The predicted molar refractivity (Wildman–Crippen MR) is 88.8 cm³/mol. The van der Waals surface area contributed by atoms with E-state index in [0.29, 0.717) is 17.6 Å². The molecule has 0 spiro atoms. The summed E-state index contributed by atoms with van der Waals surface area (Å²) in [6, 6.07) is 16.1. The van der Waals surface area contributed by atoms with Crippen LogP contribution in [-0.4, -0.2) is 29.7 Å². The molecule has 1 saturated heterocycles. The van der Waals surface area contributed by atoms with Crippen molar-refractivity contribution < 1.29 is 9.84 Å². The number of rotatable bonds is 2. The fourth-order valence-corrected chi connectivity index (χ4v) is 3.66. The molecule has 2 heterocycles. The summed E-state index contributed by atoms with van der Waals surface area (Å²) in [5, 5.41) is 10.2. The molecule has 2 atom stereocenters. The number of hydrogen-bond donors (Lipinski definition) is 1. The van der Waals surface area contributed by atoms with Crippen LogP contribution in [0.2, 0.25) is 0 Å². The smallest absolute Gasteiger partial charge is 0.126 e. The van der Waals surface area contributed by atoms with Crippen molar-refractivity contribution >= 4 is 12.4 Å². The molecule has 0 bridgehead atoms. The Labute approximate surface area is 136 Å². The monoisotopic (exact) mass is 317 g/mol. The highest BCUT2D eigenvalue weighted by Crippen LogP contribution is 2.45. The van der Waals surface area contributed by atoms with Crippen LogP contribution in [-0.2, 0) is 6.54 Å². The van der Waals surface area contributed by atoms with Crippen LogP contribution < -0.4 is 4.74 Å². The number of nitrogens with zero attached hydrogens (tertiary/aromatic N) is 1. The number of benzene rings is 2. The van der Waals surface area contributed by atoms with Crippen molar-refractivity contribution in [3.05, 3.63) is 59.7 Å². The Hall–Kier alpha value is -1.71. The molecule has 116 valence electrons. The van der Waals surface area contributed by atoms with Crippen molar-refractivity contribution in [3.63, 3.8) is 0 Å². The van der Waals surface area contributed by atoms with Gasteiger partial charge in [-0.15, -0.1) is 12.4 Å². The second kappa shape index (κ2) is 6.19. The molecule has 0 radical (unpaired) electrons. The van der Waals surface area contributed by atoms with Crippen molar-refractivity contribution in [2.24, 2.45) is 5.92 Å². The molecule has 2 aliphatic heterocycles. The van der Waals surface area contributed by atoms with E-state index in [1.807, 2.05) is 12.1 Å². The Kier molecular flexibility index (Phi) is 4.27. The normalized spacial score (nSPS) is 23.1. The van der Waals surface area contributed by atoms with E-state index in [0.717, 1.165) is 37.6 Å². The van der Waals surface area contributed by atoms with Crippen molar-refractivity contribution in [3.8, 4) is 11.5 Å². The van der Waals surface area contributed by atoms with Crippen LogP contribution in [0.15, 0.2) is 48.5 Å². The Morgan fingerprint density at radius 1 is 1.05 bits per heavy atom. The average molecular weight is 318 g/mol. The first-order valence-corrected chi connectivity index (χ1v) is 7.52. The van der Waals surface area contributed by atoms with E-state index < -0.39 is 0 Å². The van der Waals surface area contributed by atoms with E-state index in [1.165, 1.54) is 5.56 Å². The number of ether oxygens (including phenoxy) is 1. The standard InChI is InChI=1S/C18H19NO2.ClH/c20-16-7-4-8-17-18(16)15-11-19(10-14(15)12-21-17)9-13-5-2-1-3-6-13;/h1-8,14-15,20H,9-12H2;1H/t14-,15+;/m1./s1. The first kappa shape index (κ1) is 15.2. The molecule has 22 heavy (non-hydrogen) atoms. The van der Waals surface area contributed by atoms with Gasteiger partial charge < -0.3 is 9.84 Å². The Morgan fingerprint density at radius 2 is 1.86 bits per heavy atom. The van der Waals surface area contributed by atoms with Gasteiger partial charge in [0.15, 0.2) is 0 Å². The van der Waals surface area contributed by atoms with Crippen LogP contribution in [0.25, 0.3) is 0 Å². The highest BCUT2D eigenvalue weighted by molar-refractivity contribution is 5.85. The van der Waals surface area contributed by atoms with E-state index in [1.54, 1.807) is 6.07 Å². The van der Waals surface area contributed by atoms with E-state index in [4.69, 9.17) is 4.74 Å². The maximum absolute atomic E-state index is 10.2. The summed E-state index contributed by atoms with van der Waals surface area (Å²) < 4.78 is 5.83. The van der Waals surface area contributed by atoms with Crippen LogP contribution >= 0.6 is 12.4 Å². The van der Waals surface area contributed by atoms with Gasteiger partial charge in [0.1, 0.15) is 11.5 Å². The zero-order valence-corrected chi connectivity index (χ0v) is 13.1. The second-order valence-electron chi connectivity index (χ2n) is 6.05. The molecule has 0 aliphatic carbocycles. The summed E-state index contributed by atoms with van der Waals surface area (Å²) in [5.74, 6) is 2.11. The maximum Gasteiger partial charge on any atom is 0.126 e. The Balaban J connectivity index is 0.00000144. The minimum atomic E-state index is 0. The van der Waals surface area contributed by atoms with Crippen molar-refractivity contribution in [2.45, 2.75) is 12.5 Å². The third-order valence-electron chi connectivity index (χ3n) is 4.63. The third-order valence-corrected chi connectivity index (χ3v) is 4.63. The molecule has 0 amide bonds. The summed E-state index contributed by atoms with van der Waals surface area (Å²) in [6.45, 7) is 3.75. The number of aromatic hydroxyl groups is 1. The van der Waals surface area contributed by atoms with Crippen LogP contribution in [0.3, 0.4) is 0 Å². The van der Waals surface area contributed by atoms with Crippen LogP contribution in [0.1, 0.15) is 17.0 Å². The van der Waals surface area contributed by atoms with Crippen molar-refractivity contribution in [1.82, 2.24) is 4.90 Å². The Bertz CT molecular complexity index is 647. The lowest BCUT2D eigenvalue weighted by Crippen LogP contribution is -2.25. The van der Waals surface area contributed by atoms with E-state index >= 15 is 0 Å². The summed E-state index contributed by atoms with van der Waals surface area (Å²) in [5.41, 5.74) is 2.35. The summed E-state index contributed by atoms with van der Waals surface area (Å²) >= 11 is 0. The zero-order chi connectivity index (χ0) is 14.2. The molecule has 3 nitrogen and oxygen atoms in total. The first-order chi connectivity index (χ1) is 10.3. The molecule has 0 unspecified atom stereocenters. The van der Waals surface area contributed by atoms with Gasteiger partial charge in [-0.3, -0.25) is 4.90 Å². The average Bonchev–Trinajstić information content (AvgIpc) is 2.90. The highest BCUT2D eigenvalue weighted by atomic mass is 35.5. The van der Waals surface area contributed by atoms with E-state index in [2.05, 4.69) is 35.2 Å². The molecule has 4 rings (SSSR count). The SMILES string of the molecule is Cl.Oc1cccc2c1[C@H]1CN(Cc3ccccc3)C[C@@H]1CO2. The lowest BCUT2D eigenvalue weighted by Gasteiger charge is -2.28. The van der Waals surface area contributed by atoms with Crippen LogP contribution in [0, 0.1) is 5.92 Å². The highest BCUT2D eigenvalue weighted by Gasteiger charge is 2.40. The van der Waals surface area contributed by atoms with Gasteiger partial charge in [0, 0.05) is 37.0 Å². The molecule has 2 aromatic carbocycles. The quantitative estimate of drug-likeness (QED) is 0.921. The number of fused-ring (bicyclic) bond motifs is 3. The summed E-state index contributed by atoms with van der Waals surface area (Å²) in [6.07, 6.45) is 0.